The van der Waals surface area contributed by atoms with Gasteiger partial charge in [-0.05, 0) is 36.8 Å². The highest BCUT2D eigenvalue weighted by Crippen LogP contribution is 2.36. The fourth-order valence-electron chi connectivity index (χ4n) is 3.22. The van der Waals surface area contributed by atoms with Crippen LogP contribution < -0.4 is 16.0 Å². The summed E-state index contributed by atoms with van der Waals surface area (Å²) < 4.78 is 44.2. The van der Waals surface area contributed by atoms with Crippen molar-refractivity contribution in [3.63, 3.8) is 0 Å². The molecule has 3 rings (SSSR count). The van der Waals surface area contributed by atoms with E-state index in [1.165, 1.54) is 31.3 Å². The van der Waals surface area contributed by atoms with E-state index in [2.05, 4.69) is 10.3 Å². The molecule has 1 aliphatic rings. The van der Waals surface area contributed by atoms with Crippen LogP contribution in [0.15, 0.2) is 53.9 Å². The first-order valence-electron chi connectivity index (χ1n) is 8.87. The fraction of sp³-hybridized carbons (Fsp3) is 0.200. The Balaban J connectivity index is 2.11. The van der Waals surface area contributed by atoms with Crippen LogP contribution in [0.1, 0.15) is 34.6 Å². The number of allylic oxidation sites excluding steroid dienone is 1. The van der Waals surface area contributed by atoms with Crippen LogP contribution in [0.5, 0.6) is 0 Å². The number of esters is 1. The lowest BCUT2D eigenvalue weighted by Gasteiger charge is -2.35. The summed E-state index contributed by atoms with van der Waals surface area (Å²) in [4.78, 5) is 41.4. The zero-order valence-electron chi connectivity index (χ0n) is 16.4. The molecule has 11 heteroatoms. The van der Waals surface area contributed by atoms with Crippen LogP contribution in [-0.4, -0.2) is 30.0 Å². The van der Waals surface area contributed by atoms with E-state index in [9.17, 15) is 27.6 Å². The molecular weight excluding hydrogens is 417 g/mol. The number of ether oxygens (including phenoxy) is 1. The normalized spacial score (nSPS) is 16.7. The van der Waals surface area contributed by atoms with Gasteiger partial charge in [0.25, 0.3) is 5.91 Å². The number of hydrogen-bond donors (Lipinski definition) is 2. The molecule has 0 spiro atoms. The van der Waals surface area contributed by atoms with Crippen molar-refractivity contribution in [1.82, 2.24) is 10.3 Å². The van der Waals surface area contributed by atoms with Gasteiger partial charge in [0.05, 0.1) is 30.0 Å². The van der Waals surface area contributed by atoms with E-state index >= 15 is 0 Å². The number of methoxy groups -OCH3 is 1. The maximum atomic E-state index is 13.1. The van der Waals surface area contributed by atoms with Crippen molar-refractivity contribution >= 4 is 23.6 Å². The molecule has 1 atom stereocenters. The van der Waals surface area contributed by atoms with Gasteiger partial charge in [0, 0.05) is 11.9 Å². The topological polar surface area (TPSA) is 115 Å². The van der Waals surface area contributed by atoms with E-state index in [0.29, 0.717) is 5.56 Å². The van der Waals surface area contributed by atoms with E-state index in [1.54, 1.807) is 0 Å². The second-order valence-electron chi connectivity index (χ2n) is 6.60. The first-order chi connectivity index (χ1) is 14.5. The van der Waals surface area contributed by atoms with Gasteiger partial charge in [-0.15, -0.1) is 0 Å². The quantitative estimate of drug-likeness (QED) is 0.718. The fourth-order valence-corrected chi connectivity index (χ4v) is 3.22. The van der Waals surface area contributed by atoms with E-state index in [0.717, 1.165) is 30.2 Å². The molecule has 1 aromatic carbocycles. The number of pyridine rings is 1. The molecule has 0 bridgehead atoms. The van der Waals surface area contributed by atoms with Crippen LogP contribution in [0.3, 0.4) is 0 Å². The van der Waals surface area contributed by atoms with Crippen LogP contribution in [0.2, 0.25) is 0 Å². The summed E-state index contributed by atoms with van der Waals surface area (Å²) in [6, 6.07) is 5.18. The molecule has 31 heavy (non-hydrogen) atoms. The highest BCUT2D eigenvalue weighted by Gasteiger charge is 2.38. The Kier molecular flexibility index (Phi) is 5.69. The summed E-state index contributed by atoms with van der Waals surface area (Å²) >= 11 is 0. The molecule has 3 amide bonds. The number of hydrogen-bond acceptors (Lipinski definition) is 5. The summed E-state index contributed by atoms with van der Waals surface area (Å²) in [5, 5.41) is 2.57. The molecule has 1 aromatic heterocycles. The molecule has 0 saturated carbocycles. The summed E-state index contributed by atoms with van der Waals surface area (Å²) in [5.74, 6) is -1.55. The molecule has 3 N–H and O–H groups in total. The molecule has 0 fully saturated rings. The summed E-state index contributed by atoms with van der Waals surface area (Å²) in [6.45, 7) is 1.42. The molecule has 2 heterocycles. The van der Waals surface area contributed by atoms with Crippen LogP contribution in [0.25, 0.3) is 0 Å². The minimum atomic E-state index is -4.61. The van der Waals surface area contributed by atoms with E-state index in [1.807, 2.05) is 0 Å². The molecule has 0 aliphatic carbocycles. The number of nitrogens with one attached hydrogen (secondary N) is 1. The van der Waals surface area contributed by atoms with Crippen molar-refractivity contribution in [2.45, 2.75) is 19.1 Å². The van der Waals surface area contributed by atoms with Gasteiger partial charge < -0.3 is 15.8 Å². The molecule has 2 aromatic rings. The standard InChI is InChI=1S/C20H17F3N4O4/c1-10-15(18(29)31-2)16(11-6-7-14(17(24)28)25-9-11)26-19(30)27(10)13-5-3-4-12(8-13)20(21,22)23/h3-9,16H,1-2H3,(H2,24,28)(H,26,30)/t16-/m1/s1. The third kappa shape index (κ3) is 4.20. The smallest absolute Gasteiger partial charge is 0.416 e. The predicted octanol–water partition coefficient (Wildman–Crippen LogP) is 2.92. The lowest BCUT2D eigenvalue weighted by atomic mass is 9.95. The lowest BCUT2D eigenvalue weighted by Crippen LogP contribution is -2.48. The Bertz CT molecular complexity index is 1080. The van der Waals surface area contributed by atoms with Crippen LogP contribution in [0.4, 0.5) is 23.7 Å². The van der Waals surface area contributed by atoms with Crippen molar-refractivity contribution < 1.29 is 32.3 Å². The number of urea groups is 1. The average Bonchev–Trinajstić information content (AvgIpc) is 2.72. The number of carbonyl (C=O) groups is 3. The Morgan fingerprint density at radius 2 is 1.94 bits per heavy atom. The lowest BCUT2D eigenvalue weighted by molar-refractivity contribution is -0.138. The van der Waals surface area contributed by atoms with Gasteiger partial charge in [0.1, 0.15) is 5.69 Å². The first-order valence-corrected chi connectivity index (χ1v) is 8.87. The molecule has 0 unspecified atom stereocenters. The van der Waals surface area contributed by atoms with E-state index in [4.69, 9.17) is 10.5 Å². The summed E-state index contributed by atoms with van der Waals surface area (Å²) in [6.07, 6.45) is -3.34. The van der Waals surface area contributed by atoms with Crippen molar-refractivity contribution in [1.29, 1.82) is 0 Å². The van der Waals surface area contributed by atoms with Gasteiger partial charge in [-0.3, -0.25) is 14.7 Å². The van der Waals surface area contributed by atoms with Gasteiger partial charge in [-0.1, -0.05) is 12.1 Å². The Morgan fingerprint density at radius 1 is 1.23 bits per heavy atom. The minimum absolute atomic E-state index is 0.00635. The van der Waals surface area contributed by atoms with Gasteiger partial charge in [-0.2, -0.15) is 13.2 Å². The number of amides is 3. The van der Waals surface area contributed by atoms with Crippen molar-refractivity contribution in [2.75, 3.05) is 12.0 Å². The second-order valence-corrected chi connectivity index (χ2v) is 6.60. The Labute approximate surface area is 174 Å². The highest BCUT2D eigenvalue weighted by molar-refractivity contribution is 6.03. The molecule has 162 valence electrons. The van der Waals surface area contributed by atoms with E-state index in [-0.39, 0.29) is 22.7 Å². The highest BCUT2D eigenvalue weighted by atomic mass is 19.4. The van der Waals surface area contributed by atoms with Crippen LogP contribution in [-0.2, 0) is 15.7 Å². The zero-order valence-corrected chi connectivity index (χ0v) is 16.4. The van der Waals surface area contributed by atoms with Crippen molar-refractivity contribution in [2.24, 2.45) is 5.73 Å². The van der Waals surface area contributed by atoms with Gasteiger partial charge in [0.2, 0.25) is 0 Å². The summed E-state index contributed by atoms with van der Waals surface area (Å²) in [5.41, 5.74) is 4.55. The third-order valence-corrected chi connectivity index (χ3v) is 4.69. The molecular formula is C20H17F3N4O4. The average molecular weight is 434 g/mol. The summed E-state index contributed by atoms with van der Waals surface area (Å²) in [7, 11) is 1.14. The Morgan fingerprint density at radius 3 is 2.48 bits per heavy atom. The number of anilines is 1. The Hall–Kier alpha value is -3.89. The third-order valence-electron chi connectivity index (χ3n) is 4.69. The monoisotopic (exact) mass is 434 g/mol. The molecule has 0 saturated heterocycles. The van der Waals surface area contributed by atoms with Gasteiger partial charge >= 0.3 is 18.2 Å². The number of nitrogens with zero attached hydrogens (tertiary/aromatic N) is 2. The maximum Gasteiger partial charge on any atom is 0.416 e. The minimum Gasteiger partial charge on any atom is -0.466 e. The van der Waals surface area contributed by atoms with Crippen molar-refractivity contribution in [3.8, 4) is 0 Å². The SMILES string of the molecule is COC(=O)C1=C(C)N(c2cccc(C(F)(F)F)c2)C(=O)N[C@@H]1c1ccc(C(N)=O)nc1. The number of nitrogens with two attached hydrogens (primary N) is 1. The van der Waals surface area contributed by atoms with E-state index < -0.39 is 35.7 Å². The molecule has 8 nitrogen and oxygen atoms in total. The number of rotatable bonds is 4. The number of aromatic nitrogens is 1. The second kappa shape index (κ2) is 8.09. The molecule has 1 aliphatic heterocycles. The van der Waals surface area contributed by atoms with Crippen LogP contribution >= 0.6 is 0 Å². The predicted molar refractivity (Wildman–Crippen MR) is 103 cm³/mol. The first kappa shape index (κ1) is 21.8. The molecule has 0 radical (unpaired) electrons. The van der Waals surface area contributed by atoms with Crippen molar-refractivity contribution in [3.05, 3.63) is 70.7 Å². The number of benzene rings is 1. The van der Waals surface area contributed by atoms with Gasteiger partial charge in [-0.25, -0.2) is 9.59 Å². The zero-order chi connectivity index (χ0) is 22.9. The largest absolute Gasteiger partial charge is 0.466 e. The maximum absolute atomic E-state index is 13.1. The number of alkyl halides is 3. The number of halogens is 3. The number of primary amides is 1. The van der Waals surface area contributed by atoms with Gasteiger partial charge in [0.15, 0.2) is 0 Å². The van der Waals surface area contributed by atoms with Crippen LogP contribution in [0, 0.1) is 0 Å². The number of carbonyl (C=O) groups excluding carboxylic acids is 3.